The summed E-state index contributed by atoms with van der Waals surface area (Å²) in [6.45, 7) is 2.74. The summed E-state index contributed by atoms with van der Waals surface area (Å²) in [7, 11) is -3.64. The molecule has 0 unspecified atom stereocenters. The molecule has 2 amide bonds. The molecule has 0 spiro atoms. The molecule has 11 heteroatoms. The van der Waals surface area contributed by atoms with Crippen molar-refractivity contribution < 1.29 is 23.1 Å². The van der Waals surface area contributed by atoms with Crippen molar-refractivity contribution in [2.75, 3.05) is 26.2 Å². The molecule has 1 aromatic rings. The van der Waals surface area contributed by atoms with Crippen molar-refractivity contribution in [3.63, 3.8) is 0 Å². The van der Waals surface area contributed by atoms with Crippen LogP contribution in [0.4, 0.5) is 4.79 Å². The van der Waals surface area contributed by atoms with Crippen molar-refractivity contribution in [2.24, 2.45) is 0 Å². The third kappa shape index (κ3) is 6.45. The summed E-state index contributed by atoms with van der Waals surface area (Å²) in [5.74, 6) is -0.861. The minimum absolute atomic E-state index is 0.00282. The van der Waals surface area contributed by atoms with Gasteiger partial charge in [0.2, 0.25) is 10.0 Å². The molecule has 2 rings (SSSR count). The molecule has 1 aliphatic carbocycles. The van der Waals surface area contributed by atoms with Gasteiger partial charge in [0.25, 0.3) is 0 Å². The Balaban J connectivity index is 1.63. The van der Waals surface area contributed by atoms with E-state index in [9.17, 15) is 18.0 Å². The van der Waals surface area contributed by atoms with E-state index in [1.165, 1.54) is 24.5 Å². The molecular formula is C16H25N5O5S. The molecule has 0 radical (unpaired) electrons. The van der Waals surface area contributed by atoms with Gasteiger partial charge >= 0.3 is 12.0 Å². The third-order valence-corrected chi connectivity index (χ3v) is 5.80. The average Bonchev–Trinajstić information content (AvgIpc) is 2.60. The molecule has 0 aromatic carbocycles. The first-order chi connectivity index (χ1) is 12.8. The molecule has 150 valence electrons. The van der Waals surface area contributed by atoms with Crippen LogP contribution in [0.5, 0.6) is 0 Å². The zero-order chi connectivity index (χ0) is 19.9. The minimum Gasteiger partial charge on any atom is -0.480 e. The van der Waals surface area contributed by atoms with Crippen LogP contribution in [-0.4, -0.2) is 73.7 Å². The Morgan fingerprint density at radius 1 is 1.33 bits per heavy atom. The van der Waals surface area contributed by atoms with Crippen LogP contribution in [0.3, 0.4) is 0 Å². The number of pyridine rings is 1. The number of likely N-dealkylation sites (N-methyl/N-ethyl adjacent to an activating group) is 1. The number of hydrogen-bond donors (Lipinski definition) is 4. The third-order valence-electron chi connectivity index (χ3n) is 4.36. The van der Waals surface area contributed by atoms with Gasteiger partial charge in [0.1, 0.15) is 4.90 Å². The van der Waals surface area contributed by atoms with Crippen LogP contribution in [0.25, 0.3) is 0 Å². The van der Waals surface area contributed by atoms with Gasteiger partial charge in [0.15, 0.2) is 0 Å². The number of carboxylic acids is 1. The van der Waals surface area contributed by atoms with E-state index < -0.39 is 16.0 Å². The number of carboxylic acid groups (broad SMARTS) is 1. The Morgan fingerprint density at radius 3 is 2.67 bits per heavy atom. The van der Waals surface area contributed by atoms with E-state index in [4.69, 9.17) is 5.11 Å². The number of rotatable bonds is 10. The largest absolute Gasteiger partial charge is 0.480 e. The number of amides is 2. The quantitative estimate of drug-likeness (QED) is 0.392. The molecule has 0 saturated heterocycles. The van der Waals surface area contributed by atoms with Gasteiger partial charge < -0.3 is 15.7 Å². The van der Waals surface area contributed by atoms with Crippen LogP contribution in [0, 0.1) is 0 Å². The first-order valence-electron chi connectivity index (χ1n) is 8.71. The number of carbonyl (C=O) groups is 2. The highest BCUT2D eigenvalue weighted by molar-refractivity contribution is 7.89. The number of hydrogen-bond acceptors (Lipinski definition) is 6. The monoisotopic (exact) mass is 399 g/mol. The average molecular weight is 399 g/mol. The number of aromatic nitrogens is 1. The first kappa shape index (κ1) is 21.1. The molecule has 27 heavy (non-hydrogen) atoms. The van der Waals surface area contributed by atoms with Gasteiger partial charge in [0.05, 0.1) is 6.54 Å². The van der Waals surface area contributed by atoms with Gasteiger partial charge in [-0.05, 0) is 31.5 Å². The molecule has 4 N–H and O–H groups in total. The molecule has 10 nitrogen and oxygen atoms in total. The predicted molar refractivity (Wildman–Crippen MR) is 97.7 cm³/mol. The number of aliphatic carboxylic acids is 1. The van der Waals surface area contributed by atoms with E-state index in [-0.39, 0.29) is 42.6 Å². The van der Waals surface area contributed by atoms with E-state index in [0.717, 1.165) is 0 Å². The number of carbonyl (C=O) groups excluding carboxylic acids is 1. The summed E-state index contributed by atoms with van der Waals surface area (Å²) < 4.78 is 26.4. The molecule has 1 heterocycles. The lowest BCUT2D eigenvalue weighted by atomic mass is 9.85. The number of sulfonamides is 1. The highest BCUT2D eigenvalue weighted by Crippen LogP contribution is 2.25. The minimum atomic E-state index is -3.64. The fraction of sp³-hybridized carbons (Fsp3) is 0.562. The maximum absolute atomic E-state index is 12.0. The van der Waals surface area contributed by atoms with Crippen LogP contribution in [0.15, 0.2) is 29.4 Å². The van der Waals surface area contributed by atoms with E-state index in [2.05, 4.69) is 20.3 Å². The summed E-state index contributed by atoms with van der Waals surface area (Å²) in [5, 5.41) is 14.3. The molecule has 0 atom stereocenters. The summed E-state index contributed by atoms with van der Waals surface area (Å²) in [4.78, 5) is 28.3. The van der Waals surface area contributed by atoms with Crippen LogP contribution in [0.2, 0.25) is 0 Å². The van der Waals surface area contributed by atoms with E-state index in [1.807, 2.05) is 11.8 Å². The van der Waals surface area contributed by atoms with Gasteiger partial charge in [-0.3, -0.25) is 14.7 Å². The number of nitrogens with zero attached hydrogens (tertiary/aromatic N) is 2. The van der Waals surface area contributed by atoms with Crippen LogP contribution in [-0.2, 0) is 14.8 Å². The molecule has 0 aliphatic heterocycles. The topological polar surface area (TPSA) is 141 Å². The summed E-state index contributed by atoms with van der Waals surface area (Å²) in [6, 6.07) is 2.74. The maximum Gasteiger partial charge on any atom is 0.317 e. The molecule has 0 bridgehead atoms. The summed E-state index contributed by atoms with van der Waals surface area (Å²) in [6.07, 6.45) is 4.13. The highest BCUT2D eigenvalue weighted by Gasteiger charge is 2.34. The lowest BCUT2D eigenvalue weighted by molar-refractivity contribution is -0.139. The lowest BCUT2D eigenvalue weighted by Gasteiger charge is -2.42. The van der Waals surface area contributed by atoms with Crippen LogP contribution < -0.4 is 15.4 Å². The van der Waals surface area contributed by atoms with E-state index >= 15 is 0 Å². The van der Waals surface area contributed by atoms with Crippen LogP contribution in [0.1, 0.15) is 19.8 Å². The maximum atomic E-state index is 12.0. The van der Waals surface area contributed by atoms with E-state index in [0.29, 0.717) is 19.4 Å². The van der Waals surface area contributed by atoms with Gasteiger partial charge in [-0.25, -0.2) is 17.9 Å². The van der Waals surface area contributed by atoms with E-state index in [1.54, 1.807) is 0 Å². The summed E-state index contributed by atoms with van der Waals surface area (Å²) >= 11 is 0. The zero-order valence-electron chi connectivity index (χ0n) is 15.1. The summed E-state index contributed by atoms with van der Waals surface area (Å²) in [5.41, 5.74) is 0. The second kappa shape index (κ2) is 9.62. The fourth-order valence-corrected chi connectivity index (χ4v) is 3.86. The van der Waals surface area contributed by atoms with Gasteiger partial charge in [-0.15, -0.1) is 0 Å². The molecule has 1 saturated carbocycles. The Hall–Kier alpha value is -2.24. The predicted octanol–water partition coefficient (Wildman–Crippen LogP) is -0.403. The van der Waals surface area contributed by atoms with Crippen molar-refractivity contribution in [2.45, 2.75) is 36.7 Å². The zero-order valence-corrected chi connectivity index (χ0v) is 15.9. The SMILES string of the molecule is CCN(CC(=O)O)C1CC(NC(=O)NCCNS(=O)(=O)c2cccnc2)C1. The highest BCUT2D eigenvalue weighted by atomic mass is 32.2. The van der Waals surface area contributed by atoms with Crippen molar-refractivity contribution in [3.05, 3.63) is 24.5 Å². The van der Waals surface area contributed by atoms with Crippen LogP contribution >= 0.6 is 0 Å². The normalized spacial score (nSPS) is 19.3. The second-order valence-corrected chi connectivity index (χ2v) is 8.03. The smallest absolute Gasteiger partial charge is 0.317 e. The Morgan fingerprint density at radius 2 is 2.07 bits per heavy atom. The van der Waals surface area contributed by atoms with Crippen molar-refractivity contribution in [1.29, 1.82) is 0 Å². The Kier molecular flexibility index (Phi) is 7.51. The Bertz CT molecular complexity index is 737. The van der Waals surface area contributed by atoms with Crippen molar-refractivity contribution >= 4 is 22.0 Å². The van der Waals surface area contributed by atoms with Gasteiger partial charge in [-0.1, -0.05) is 6.92 Å². The standard InChI is InChI=1S/C16H25N5O5S/c1-2-21(11-15(22)23)13-8-12(9-13)20-16(24)18-6-7-19-27(25,26)14-4-3-5-17-10-14/h3-5,10,12-13,19H,2,6-9,11H2,1H3,(H,22,23)(H2,18,20,24). The fourth-order valence-electron chi connectivity index (χ4n) is 2.86. The molecule has 1 aromatic heterocycles. The van der Waals surface area contributed by atoms with Gasteiger partial charge in [-0.2, -0.15) is 0 Å². The second-order valence-electron chi connectivity index (χ2n) is 6.27. The van der Waals surface area contributed by atoms with Crippen molar-refractivity contribution in [1.82, 2.24) is 25.2 Å². The Labute approximate surface area is 158 Å². The first-order valence-corrected chi connectivity index (χ1v) is 10.2. The van der Waals surface area contributed by atoms with Crippen molar-refractivity contribution in [3.8, 4) is 0 Å². The number of nitrogens with one attached hydrogen (secondary N) is 3. The number of urea groups is 1. The molecular weight excluding hydrogens is 374 g/mol. The lowest BCUT2D eigenvalue weighted by Crippen LogP contribution is -2.56. The molecule has 1 fully saturated rings. The molecule has 1 aliphatic rings. The van der Waals surface area contributed by atoms with Gasteiger partial charge in [0, 0.05) is 37.6 Å².